The molecule has 0 aliphatic heterocycles. The first kappa shape index (κ1) is 23.9. The van der Waals surface area contributed by atoms with Crippen LogP contribution in [0.1, 0.15) is 88.2 Å². The highest BCUT2D eigenvalue weighted by Gasteiger charge is 2.06. The summed E-state index contributed by atoms with van der Waals surface area (Å²) in [6.45, 7) is 0. The van der Waals surface area contributed by atoms with Crippen molar-refractivity contribution in [3.63, 3.8) is 0 Å². The minimum absolute atomic E-state index is 0.0247. The highest BCUT2D eigenvalue weighted by atomic mass is 16.3. The van der Waals surface area contributed by atoms with Gasteiger partial charge in [-0.2, -0.15) is 0 Å². The number of benzene rings is 2. The summed E-state index contributed by atoms with van der Waals surface area (Å²) < 4.78 is 0. The first-order chi connectivity index (χ1) is 14.6. The molecule has 2 rings (SSSR count). The van der Waals surface area contributed by atoms with Crippen molar-refractivity contribution in [1.82, 2.24) is 0 Å². The van der Waals surface area contributed by atoms with Crippen molar-refractivity contribution in [3.05, 3.63) is 47.5 Å². The molecular formula is C26H38O4. The normalized spacial score (nSPS) is 11.1. The molecule has 0 heterocycles. The molecule has 0 saturated heterocycles. The van der Waals surface area contributed by atoms with Gasteiger partial charge >= 0.3 is 0 Å². The lowest BCUT2D eigenvalue weighted by Crippen LogP contribution is -1.88. The van der Waals surface area contributed by atoms with E-state index in [0.717, 1.165) is 36.8 Å². The monoisotopic (exact) mass is 414 g/mol. The van der Waals surface area contributed by atoms with Crippen LogP contribution in [0.15, 0.2) is 36.4 Å². The average Bonchev–Trinajstić information content (AvgIpc) is 2.74. The van der Waals surface area contributed by atoms with Gasteiger partial charge in [0.25, 0.3) is 0 Å². The summed E-state index contributed by atoms with van der Waals surface area (Å²) in [6, 6.07) is 10.4. The average molecular weight is 415 g/mol. The van der Waals surface area contributed by atoms with Crippen molar-refractivity contribution in [2.24, 2.45) is 0 Å². The summed E-state index contributed by atoms with van der Waals surface area (Å²) in [5.41, 5.74) is 1.68. The van der Waals surface area contributed by atoms with E-state index in [-0.39, 0.29) is 23.0 Å². The zero-order valence-corrected chi connectivity index (χ0v) is 18.2. The van der Waals surface area contributed by atoms with Gasteiger partial charge in [-0.3, -0.25) is 0 Å². The van der Waals surface area contributed by atoms with Crippen molar-refractivity contribution in [3.8, 4) is 23.0 Å². The van der Waals surface area contributed by atoms with E-state index < -0.39 is 0 Å². The van der Waals surface area contributed by atoms with Gasteiger partial charge < -0.3 is 20.4 Å². The lowest BCUT2D eigenvalue weighted by atomic mass is 10.0. The maximum atomic E-state index is 9.79. The summed E-state index contributed by atoms with van der Waals surface area (Å²) in [4.78, 5) is 0. The molecule has 4 heteroatoms. The molecule has 0 amide bonds. The standard InChI is InChI=1S/C26H38O4/c27-23-19-13-17-21(25(23)29)15-11-9-7-5-3-1-2-4-6-8-10-12-16-22-18-14-20-24(28)26(22)30/h13-14,17-20,27-30H,1-12,15-16H2. The van der Waals surface area contributed by atoms with Crippen LogP contribution in [0, 0.1) is 0 Å². The predicted molar refractivity (Wildman–Crippen MR) is 122 cm³/mol. The molecule has 166 valence electrons. The number of phenolic OH excluding ortho intramolecular Hbond substituents is 4. The lowest BCUT2D eigenvalue weighted by molar-refractivity contribution is 0.398. The summed E-state index contributed by atoms with van der Waals surface area (Å²) >= 11 is 0. The van der Waals surface area contributed by atoms with Crippen LogP contribution in [-0.4, -0.2) is 20.4 Å². The number of rotatable bonds is 15. The third-order valence-corrected chi connectivity index (χ3v) is 5.84. The highest BCUT2D eigenvalue weighted by molar-refractivity contribution is 5.44. The van der Waals surface area contributed by atoms with Crippen LogP contribution in [0.5, 0.6) is 23.0 Å². The third-order valence-electron chi connectivity index (χ3n) is 5.84. The molecule has 0 bridgehead atoms. The third kappa shape index (κ3) is 8.56. The predicted octanol–water partition coefficient (Wildman–Crippen LogP) is 6.98. The van der Waals surface area contributed by atoms with E-state index in [9.17, 15) is 20.4 Å². The molecule has 30 heavy (non-hydrogen) atoms. The second kappa shape index (κ2) is 13.8. The molecule has 2 aromatic rings. The Morgan fingerprint density at radius 3 is 1.03 bits per heavy atom. The van der Waals surface area contributed by atoms with Crippen molar-refractivity contribution < 1.29 is 20.4 Å². The Morgan fingerprint density at radius 2 is 0.700 bits per heavy atom. The molecule has 0 aliphatic rings. The number of aromatic hydroxyl groups is 4. The van der Waals surface area contributed by atoms with E-state index in [1.807, 2.05) is 12.1 Å². The van der Waals surface area contributed by atoms with Crippen LogP contribution >= 0.6 is 0 Å². The maximum Gasteiger partial charge on any atom is 0.160 e. The second-order valence-electron chi connectivity index (χ2n) is 8.31. The van der Waals surface area contributed by atoms with Gasteiger partial charge in [0.2, 0.25) is 0 Å². The van der Waals surface area contributed by atoms with Crippen LogP contribution in [0.2, 0.25) is 0 Å². The summed E-state index contributed by atoms with van der Waals surface area (Å²) in [5.74, 6) is 0.0246. The van der Waals surface area contributed by atoms with E-state index in [2.05, 4.69) is 0 Å². The van der Waals surface area contributed by atoms with Crippen LogP contribution < -0.4 is 0 Å². The molecule has 0 unspecified atom stereocenters. The van der Waals surface area contributed by atoms with Crippen molar-refractivity contribution in [2.75, 3.05) is 0 Å². The first-order valence-corrected chi connectivity index (χ1v) is 11.6. The number of hydrogen-bond donors (Lipinski definition) is 4. The van der Waals surface area contributed by atoms with Crippen molar-refractivity contribution in [2.45, 2.75) is 89.9 Å². The van der Waals surface area contributed by atoms with Gasteiger partial charge in [0.15, 0.2) is 23.0 Å². The van der Waals surface area contributed by atoms with Gasteiger partial charge in [0.1, 0.15) is 0 Å². The van der Waals surface area contributed by atoms with Crippen LogP contribution in [0.4, 0.5) is 0 Å². The van der Waals surface area contributed by atoms with Gasteiger partial charge in [-0.25, -0.2) is 0 Å². The summed E-state index contributed by atoms with van der Waals surface area (Å²) in [6.07, 6.45) is 16.3. The summed E-state index contributed by atoms with van der Waals surface area (Å²) in [5, 5.41) is 38.6. The van der Waals surface area contributed by atoms with Gasteiger partial charge in [-0.05, 0) is 48.9 Å². The van der Waals surface area contributed by atoms with Gasteiger partial charge in [0.05, 0.1) is 0 Å². The first-order valence-electron chi connectivity index (χ1n) is 11.6. The van der Waals surface area contributed by atoms with Crippen LogP contribution in [-0.2, 0) is 12.8 Å². The Kier molecular flexibility index (Phi) is 11.0. The fraction of sp³-hybridized carbons (Fsp3) is 0.538. The van der Waals surface area contributed by atoms with Gasteiger partial charge in [-0.1, -0.05) is 88.5 Å². The lowest BCUT2D eigenvalue weighted by Gasteiger charge is -2.06. The van der Waals surface area contributed by atoms with E-state index >= 15 is 0 Å². The largest absolute Gasteiger partial charge is 0.504 e. The van der Waals surface area contributed by atoms with E-state index in [4.69, 9.17) is 0 Å². The Hall–Kier alpha value is -2.36. The highest BCUT2D eigenvalue weighted by Crippen LogP contribution is 2.30. The van der Waals surface area contributed by atoms with E-state index in [1.54, 1.807) is 12.1 Å². The molecule has 0 aliphatic carbocycles. The molecule has 0 spiro atoms. The maximum absolute atomic E-state index is 9.79. The Labute approximate surface area is 181 Å². The second-order valence-corrected chi connectivity index (χ2v) is 8.31. The van der Waals surface area contributed by atoms with E-state index in [0.29, 0.717) is 0 Å². The van der Waals surface area contributed by atoms with Crippen LogP contribution in [0.25, 0.3) is 0 Å². The Morgan fingerprint density at radius 1 is 0.400 bits per heavy atom. The number of unbranched alkanes of at least 4 members (excludes halogenated alkanes) is 11. The molecule has 4 N–H and O–H groups in total. The fourth-order valence-electron chi connectivity index (χ4n) is 3.96. The Balaban J connectivity index is 1.36. The molecule has 4 nitrogen and oxygen atoms in total. The number of para-hydroxylation sites is 2. The molecule has 2 aromatic carbocycles. The fourth-order valence-corrected chi connectivity index (χ4v) is 3.96. The van der Waals surface area contributed by atoms with Crippen molar-refractivity contribution >= 4 is 0 Å². The minimum atomic E-state index is -0.0247. The van der Waals surface area contributed by atoms with Crippen molar-refractivity contribution in [1.29, 1.82) is 0 Å². The molecule has 0 atom stereocenters. The minimum Gasteiger partial charge on any atom is -0.504 e. The molecule has 0 saturated carbocycles. The molecule has 0 radical (unpaired) electrons. The zero-order chi connectivity index (χ0) is 21.6. The van der Waals surface area contributed by atoms with Gasteiger partial charge in [0, 0.05) is 0 Å². The topological polar surface area (TPSA) is 80.9 Å². The van der Waals surface area contributed by atoms with Crippen LogP contribution in [0.3, 0.4) is 0 Å². The quantitative estimate of drug-likeness (QED) is 0.187. The number of phenols is 4. The SMILES string of the molecule is Oc1cccc(CCCCCCCCCCCCCCc2cccc(O)c2O)c1O. The zero-order valence-electron chi connectivity index (χ0n) is 18.2. The smallest absolute Gasteiger partial charge is 0.160 e. The number of hydrogen-bond acceptors (Lipinski definition) is 4. The molecular weight excluding hydrogens is 376 g/mol. The molecule has 0 fully saturated rings. The molecule has 0 aromatic heterocycles. The van der Waals surface area contributed by atoms with E-state index in [1.165, 1.54) is 76.3 Å². The van der Waals surface area contributed by atoms with Gasteiger partial charge in [-0.15, -0.1) is 0 Å². The number of aryl methyl sites for hydroxylation is 2. The summed E-state index contributed by atoms with van der Waals surface area (Å²) in [7, 11) is 0. The Bertz CT molecular complexity index is 678.